The van der Waals surface area contributed by atoms with E-state index in [-0.39, 0.29) is 17.8 Å². The van der Waals surface area contributed by atoms with Gasteiger partial charge in [0, 0.05) is 31.3 Å². The number of rotatable bonds is 5. The third-order valence-corrected chi connectivity index (χ3v) is 5.66. The number of anilines is 1. The lowest BCUT2D eigenvalue weighted by Gasteiger charge is -2.32. The number of hydrogen-bond acceptors (Lipinski definition) is 5. The van der Waals surface area contributed by atoms with Crippen LogP contribution in [0, 0.1) is 0 Å². The minimum absolute atomic E-state index is 0.0499. The monoisotopic (exact) mass is 426 g/mol. The maximum atomic E-state index is 12.8. The number of benzene rings is 2. The van der Waals surface area contributed by atoms with Crippen molar-refractivity contribution in [2.45, 2.75) is 18.9 Å². The van der Waals surface area contributed by atoms with E-state index in [2.05, 4.69) is 10.3 Å². The molecule has 164 valence electrons. The first-order valence-corrected chi connectivity index (χ1v) is 10.1. The molecule has 9 heteroatoms. The molecule has 0 bridgehead atoms. The molecule has 9 nitrogen and oxygen atoms in total. The van der Waals surface area contributed by atoms with E-state index in [1.807, 2.05) is 28.8 Å². The highest BCUT2D eigenvalue weighted by molar-refractivity contribution is 5.90. The molecule has 1 aliphatic rings. The summed E-state index contributed by atoms with van der Waals surface area (Å²) in [5.41, 5.74) is 2.17. The van der Waals surface area contributed by atoms with Crippen molar-refractivity contribution in [3.8, 4) is 17.2 Å². The number of aromatic amines is 1. The maximum absolute atomic E-state index is 12.8. The fraction of sp³-hybridized carbons (Fsp3) is 0.364. The van der Waals surface area contributed by atoms with Gasteiger partial charge in [-0.2, -0.15) is 0 Å². The molecular weight excluding hydrogens is 400 g/mol. The van der Waals surface area contributed by atoms with Gasteiger partial charge in [0.1, 0.15) is 0 Å². The lowest BCUT2D eigenvalue weighted by molar-refractivity contribution is 0.184. The highest BCUT2D eigenvalue weighted by Gasteiger charge is 2.26. The highest BCUT2D eigenvalue weighted by Crippen LogP contribution is 2.40. The number of aromatic nitrogens is 2. The second kappa shape index (κ2) is 8.63. The van der Waals surface area contributed by atoms with Crippen molar-refractivity contribution >= 4 is 22.8 Å². The fourth-order valence-electron chi connectivity index (χ4n) is 4.12. The molecule has 0 aliphatic carbocycles. The summed E-state index contributed by atoms with van der Waals surface area (Å²) in [5, 5.41) is 2.90. The molecule has 2 N–H and O–H groups in total. The molecule has 0 saturated carbocycles. The topological polar surface area (TPSA) is 97.8 Å². The molecule has 31 heavy (non-hydrogen) atoms. The van der Waals surface area contributed by atoms with Crippen molar-refractivity contribution in [2.24, 2.45) is 0 Å². The summed E-state index contributed by atoms with van der Waals surface area (Å²) < 4.78 is 17.8. The number of urea groups is 1. The normalized spacial score (nSPS) is 14.5. The number of methoxy groups -OCH3 is 3. The Kier molecular flexibility index (Phi) is 5.75. The quantitative estimate of drug-likeness (QED) is 0.653. The van der Waals surface area contributed by atoms with Crippen molar-refractivity contribution in [1.82, 2.24) is 14.5 Å². The molecule has 1 fully saturated rings. The van der Waals surface area contributed by atoms with Crippen LogP contribution < -0.4 is 25.2 Å². The van der Waals surface area contributed by atoms with E-state index in [0.717, 1.165) is 11.0 Å². The van der Waals surface area contributed by atoms with E-state index in [1.54, 1.807) is 17.0 Å². The van der Waals surface area contributed by atoms with Crippen molar-refractivity contribution in [3.63, 3.8) is 0 Å². The van der Waals surface area contributed by atoms with Crippen molar-refractivity contribution in [1.29, 1.82) is 0 Å². The number of carbonyl (C=O) groups is 1. The number of carbonyl (C=O) groups excluding carboxylic acids is 1. The molecule has 2 amide bonds. The molecule has 1 aromatic heterocycles. The average Bonchev–Trinajstić information content (AvgIpc) is 3.14. The van der Waals surface area contributed by atoms with Crippen LogP contribution in [-0.2, 0) is 0 Å². The molecular formula is C22H26N4O5. The molecule has 4 rings (SSSR count). The van der Waals surface area contributed by atoms with Gasteiger partial charge in [0.2, 0.25) is 5.75 Å². The highest BCUT2D eigenvalue weighted by atomic mass is 16.5. The van der Waals surface area contributed by atoms with Crippen molar-refractivity contribution < 1.29 is 19.0 Å². The number of nitrogens with zero attached hydrogens (tertiary/aromatic N) is 2. The van der Waals surface area contributed by atoms with E-state index < -0.39 is 0 Å². The van der Waals surface area contributed by atoms with Crippen LogP contribution in [0.1, 0.15) is 18.9 Å². The van der Waals surface area contributed by atoms with E-state index in [1.165, 1.54) is 21.3 Å². The number of imidazole rings is 1. The summed E-state index contributed by atoms with van der Waals surface area (Å²) in [7, 11) is 4.59. The lowest BCUT2D eigenvalue weighted by atomic mass is 10.0. The van der Waals surface area contributed by atoms with Crippen molar-refractivity contribution in [2.75, 3.05) is 39.7 Å². The van der Waals surface area contributed by atoms with Crippen LogP contribution in [-0.4, -0.2) is 54.9 Å². The van der Waals surface area contributed by atoms with Gasteiger partial charge in [-0.25, -0.2) is 9.59 Å². The van der Waals surface area contributed by atoms with Gasteiger partial charge in [-0.15, -0.1) is 0 Å². The number of hydrogen-bond donors (Lipinski definition) is 2. The zero-order valence-electron chi connectivity index (χ0n) is 17.8. The fourth-order valence-corrected chi connectivity index (χ4v) is 4.12. The van der Waals surface area contributed by atoms with E-state index >= 15 is 0 Å². The average molecular weight is 426 g/mol. The van der Waals surface area contributed by atoms with Gasteiger partial charge in [-0.1, -0.05) is 12.1 Å². The summed E-state index contributed by atoms with van der Waals surface area (Å²) in [6.07, 6.45) is 1.40. The van der Waals surface area contributed by atoms with Gasteiger partial charge in [0.25, 0.3) is 0 Å². The third-order valence-electron chi connectivity index (χ3n) is 5.66. The number of piperidine rings is 1. The maximum Gasteiger partial charge on any atom is 0.326 e. The first-order valence-electron chi connectivity index (χ1n) is 10.1. The van der Waals surface area contributed by atoms with Gasteiger partial charge in [-0.3, -0.25) is 4.57 Å². The zero-order chi connectivity index (χ0) is 22.0. The summed E-state index contributed by atoms with van der Waals surface area (Å²) >= 11 is 0. The Morgan fingerprint density at radius 2 is 1.68 bits per heavy atom. The van der Waals surface area contributed by atoms with Gasteiger partial charge in [0.05, 0.1) is 38.1 Å². The number of H-pyrrole nitrogens is 1. The largest absolute Gasteiger partial charge is 0.493 e. The lowest BCUT2D eigenvalue weighted by Crippen LogP contribution is -2.42. The second-order valence-electron chi connectivity index (χ2n) is 7.38. The second-order valence-corrected chi connectivity index (χ2v) is 7.38. The Labute approximate surface area is 179 Å². The molecule has 3 aromatic rings. The number of nitrogens with one attached hydrogen (secondary N) is 2. The van der Waals surface area contributed by atoms with Gasteiger partial charge >= 0.3 is 11.7 Å². The van der Waals surface area contributed by atoms with Crippen LogP contribution in [0.25, 0.3) is 11.0 Å². The minimum Gasteiger partial charge on any atom is -0.493 e. The minimum atomic E-state index is -0.209. The van der Waals surface area contributed by atoms with Crippen LogP contribution in [0.2, 0.25) is 0 Å². The molecule has 0 spiro atoms. The summed E-state index contributed by atoms with van der Waals surface area (Å²) in [6.45, 7) is 1.10. The number of likely N-dealkylation sites (tertiary alicyclic amines) is 1. The van der Waals surface area contributed by atoms with Gasteiger partial charge in [0.15, 0.2) is 11.5 Å². The first kappa shape index (κ1) is 20.6. The Morgan fingerprint density at radius 1 is 1.03 bits per heavy atom. The first-order chi connectivity index (χ1) is 15.0. The Hall–Kier alpha value is -3.62. The third kappa shape index (κ3) is 3.90. The molecule has 1 aliphatic heterocycles. The molecule has 2 aromatic carbocycles. The Bertz CT molecular complexity index is 1120. The summed E-state index contributed by atoms with van der Waals surface area (Å²) in [5.74, 6) is 1.40. The summed E-state index contributed by atoms with van der Waals surface area (Å²) in [4.78, 5) is 29.9. The smallest absolute Gasteiger partial charge is 0.326 e. The Morgan fingerprint density at radius 3 is 2.29 bits per heavy atom. The molecule has 0 radical (unpaired) electrons. The van der Waals surface area contributed by atoms with Gasteiger partial charge < -0.3 is 29.4 Å². The number of amides is 2. The summed E-state index contributed by atoms with van der Waals surface area (Å²) in [6, 6.07) is 10.9. The molecule has 0 unspecified atom stereocenters. The standard InChI is InChI=1S/C22H26N4O5/c1-29-18-12-14(13-19(30-2)20(18)31-3)23-21(27)25-10-8-15(9-11-25)26-17-7-5-4-6-16(17)24-22(26)28/h4-7,12-13,15H,8-11H2,1-3H3,(H,23,27)(H,24,28). The predicted molar refractivity (Wildman–Crippen MR) is 118 cm³/mol. The van der Waals surface area contributed by atoms with Crippen LogP contribution in [0.4, 0.5) is 10.5 Å². The predicted octanol–water partition coefficient (Wildman–Crippen LogP) is 3.22. The van der Waals surface area contributed by atoms with Crippen LogP contribution >= 0.6 is 0 Å². The van der Waals surface area contributed by atoms with E-state index in [4.69, 9.17) is 14.2 Å². The molecule has 1 saturated heterocycles. The number of ether oxygens (including phenoxy) is 3. The number of para-hydroxylation sites is 2. The van der Waals surface area contributed by atoms with Crippen LogP contribution in [0.3, 0.4) is 0 Å². The van der Waals surface area contributed by atoms with Crippen LogP contribution in [0.5, 0.6) is 17.2 Å². The Balaban J connectivity index is 1.45. The van der Waals surface area contributed by atoms with Crippen molar-refractivity contribution in [3.05, 3.63) is 46.9 Å². The molecule has 2 heterocycles. The SMILES string of the molecule is COc1cc(NC(=O)N2CCC(n3c(=O)[nH]c4ccccc43)CC2)cc(OC)c1OC. The van der Waals surface area contributed by atoms with E-state index in [0.29, 0.717) is 48.9 Å². The number of fused-ring (bicyclic) bond motifs is 1. The molecule has 0 atom stereocenters. The van der Waals surface area contributed by atoms with Crippen LogP contribution in [0.15, 0.2) is 41.2 Å². The van der Waals surface area contributed by atoms with Gasteiger partial charge in [-0.05, 0) is 25.0 Å². The van der Waals surface area contributed by atoms with E-state index in [9.17, 15) is 9.59 Å². The zero-order valence-corrected chi connectivity index (χ0v) is 17.8.